The van der Waals surface area contributed by atoms with E-state index in [4.69, 9.17) is 11.0 Å². The second kappa shape index (κ2) is 20.3. The number of benzene rings is 11. The monoisotopic (exact) mass is 1100 g/mol. The van der Waals surface area contributed by atoms with Gasteiger partial charge in [0.15, 0.2) is 0 Å². The first-order chi connectivity index (χ1) is 41.1. The summed E-state index contributed by atoms with van der Waals surface area (Å²) < 4.78 is 7.16. The highest BCUT2D eigenvalue weighted by atomic mass is 16.3. The van der Waals surface area contributed by atoms with Crippen LogP contribution in [0.25, 0.3) is 71.7 Å². The zero-order chi connectivity index (χ0) is 58.5. The molecule has 0 radical (unpaired) electrons. The fourth-order valence-electron chi connectivity index (χ4n) is 13.8. The average molecular weight is 1100 g/mol. The Hall–Kier alpha value is -9.70. The van der Waals surface area contributed by atoms with Gasteiger partial charge in [0.1, 0.15) is 11.2 Å². The van der Waals surface area contributed by atoms with E-state index in [1.165, 1.54) is 89.0 Å². The molecule has 0 aliphatic heterocycles. The first-order valence-corrected chi connectivity index (χ1v) is 29.9. The van der Waals surface area contributed by atoms with Gasteiger partial charge in [-0.25, -0.2) is 0 Å². The van der Waals surface area contributed by atoms with Gasteiger partial charge in [-0.2, -0.15) is 0 Å². The molecule has 0 fully saturated rings. The average Bonchev–Trinajstić information content (AvgIpc) is 1.52. The van der Waals surface area contributed by atoms with E-state index in [0.717, 1.165) is 66.8 Å². The quantitative estimate of drug-likeness (QED) is 0.127. The van der Waals surface area contributed by atoms with Crippen molar-refractivity contribution in [2.75, 3.05) is 9.80 Å². The highest BCUT2D eigenvalue weighted by Crippen LogP contribution is 2.68. The van der Waals surface area contributed by atoms with E-state index in [0.29, 0.717) is 0 Å². The van der Waals surface area contributed by atoms with Crippen LogP contribution < -0.4 is 9.80 Å². The Labute approximate surface area is 501 Å². The zero-order valence-electron chi connectivity index (χ0n) is 50.2. The lowest BCUT2D eigenvalue weighted by atomic mass is 9.69. The van der Waals surface area contributed by atoms with Crippen molar-refractivity contribution in [2.45, 2.75) is 78.6 Å². The normalized spacial score (nSPS) is 13.5. The predicted molar refractivity (Wildman–Crippen MR) is 361 cm³/mol. The first kappa shape index (κ1) is 53.3. The van der Waals surface area contributed by atoms with Crippen LogP contribution in [0, 0.1) is 6.92 Å². The molecule has 0 unspecified atom stereocenters. The highest BCUT2D eigenvalue weighted by molar-refractivity contribution is 6.20. The van der Waals surface area contributed by atoms with E-state index >= 15 is 0 Å². The minimum atomic E-state index is -0.808. The molecular formula is C82H70N2O. The van der Waals surface area contributed by atoms with Crippen molar-refractivity contribution in [1.29, 1.82) is 0 Å². The van der Waals surface area contributed by atoms with E-state index in [9.17, 15) is 0 Å². The molecule has 11 aromatic carbocycles. The molecule has 0 amide bonds. The number of rotatable bonds is 10. The van der Waals surface area contributed by atoms with Crippen LogP contribution in [0.5, 0.6) is 0 Å². The van der Waals surface area contributed by atoms with Crippen molar-refractivity contribution < 1.29 is 4.42 Å². The van der Waals surface area contributed by atoms with Gasteiger partial charge in [0.25, 0.3) is 0 Å². The third-order valence-electron chi connectivity index (χ3n) is 18.3. The van der Waals surface area contributed by atoms with Crippen LogP contribution in [0.2, 0.25) is 0 Å². The molecule has 85 heavy (non-hydrogen) atoms. The number of hydrogen-bond acceptors (Lipinski definition) is 3. The van der Waals surface area contributed by atoms with E-state index in [-0.39, 0.29) is 10.8 Å². The summed E-state index contributed by atoms with van der Waals surface area (Å²) in [7, 11) is 0. The van der Waals surface area contributed by atoms with E-state index < -0.39 is 5.41 Å². The molecule has 0 atom stereocenters. The number of para-hydroxylation sites is 1. The summed E-state index contributed by atoms with van der Waals surface area (Å²) in [5, 5.41) is 4.51. The Morgan fingerprint density at radius 1 is 0.471 bits per heavy atom. The molecule has 414 valence electrons. The Morgan fingerprint density at radius 3 is 1.72 bits per heavy atom. The van der Waals surface area contributed by atoms with Gasteiger partial charge in [0.2, 0.25) is 0 Å². The summed E-state index contributed by atoms with van der Waals surface area (Å²) in [6.07, 6.45) is 4.44. The lowest BCUT2D eigenvalue weighted by molar-refractivity contribution is 0.590. The second-order valence-corrected chi connectivity index (χ2v) is 25.5. The summed E-state index contributed by atoms with van der Waals surface area (Å²) in [4.78, 5) is 4.90. The molecule has 2 aliphatic carbocycles. The molecule has 0 saturated heterocycles. The van der Waals surface area contributed by atoms with Crippen molar-refractivity contribution in [3.63, 3.8) is 0 Å². The summed E-state index contributed by atoms with van der Waals surface area (Å²) in [6.45, 7) is 25.4. The smallest absolute Gasteiger partial charge is 0.138 e. The number of nitrogens with zero attached hydrogens (tertiary/aromatic N) is 2. The van der Waals surface area contributed by atoms with E-state index in [1.54, 1.807) is 0 Å². The topological polar surface area (TPSA) is 19.6 Å². The molecule has 3 nitrogen and oxygen atoms in total. The fraction of sp³-hybridized carbons (Fsp3) is 0.146. The van der Waals surface area contributed by atoms with Gasteiger partial charge in [-0.15, -0.1) is 0 Å². The molecule has 2 aliphatic rings. The maximum atomic E-state index is 7.16. The summed E-state index contributed by atoms with van der Waals surface area (Å²) >= 11 is 0. The molecule has 1 spiro atoms. The van der Waals surface area contributed by atoms with Crippen molar-refractivity contribution in [1.82, 2.24) is 0 Å². The van der Waals surface area contributed by atoms with Crippen LogP contribution in [-0.2, 0) is 16.2 Å². The fourth-order valence-corrected chi connectivity index (χ4v) is 13.8. The maximum absolute atomic E-state index is 7.16. The lowest BCUT2D eigenvalue weighted by Gasteiger charge is -2.36. The number of anilines is 5. The summed E-state index contributed by atoms with van der Waals surface area (Å²) in [5.41, 5.74) is 26.5. The molecule has 3 heteroatoms. The van der Waals surface area contributed by atoms with Gasteiger partial charge in [0.05, 0.1) is 16.8 Å². The number of furan rings is 1. The SMILES string of the molecule is C=C(/C=C\C(C)=C(/C)c1ccccc1)N(c1ccc(C(C)(C)C)cc1)c1cc2oc3ccccc3c2c2c1C1(c3ccccc3-c3ccccc31)c1cc3c(N(c4ccc(C(C)(C)C)cc4)c4ccc(C)c(-c5ccccc5)c4)cccc3cc1-2. The molecule has 14 rings (SSSR count). The molecule has 0 bridgehead atoms. The predicted octanol–water partition coefficient (Wildman–Crippen LogP) is 22.8. The van der Waals surface area contributed by atoms with Crippen molar-refractivity contribution in [2.24, 2.45) is 0 Å². The summed E-state index contributed by atoms with van der Waals surface area (Å²) in [6, 6.07) is 88.0. The van der Waals surface area contributed by atoms with Gasteiger partial charge in [-0.3, -0.25) is 0 Å². The van der Waals surface area contributed by atoms with E-state index in [1.807, 2.05) is 0 Å². The van der Waals surface area contributed by atoms with Crippen molar-refractivity contribution in [3.05, 3.63) is 311 Å². The van der Waals surface area contributed by atoms with Crippen molar-refractivity contribution in [3.8, 4) is 33.4 Å². The largest absolute Gasteiger partial charge is 0.456 e. The highest BCUT2D eigenvalue weighted by Gasteiger charge is 2.54. The third-order valence-corrected chi connectivity index (χ3v) is 18.3. The van der Waals surface area contributed by atoms with E-state index in [2.05, 4.69) is 321 Å². The minimum absolute atomic E-state index is 0.0129. The van der Waals surface area contributed by atoms with Gasteiger partial charge in [-0.05, 0) is 182 Å². The van der Waals surface area contributed by atoms with Gasteiger partial charge in [-0.1, -0.05) is 224 Å². The van der Waals surface area contributed by atoms with Gasteiger partial charge in [0, 0.05) is 56.1 Å². The molecule has 1 heterocycles. The molecule has 0 saturated carbocycles. The number of fused-ring (bicyclic) bond motifs is 15. The Morgan fingerprint density at radius 2 is 1.06 bits per heavy atom. The molecule has 12 aromatic rings. The van der Waals surface area contributed by atoms with Crippen LogP contribution >= 0.6 is 0 Å². The molecular weight excluding hydrogens is 1030 g/mol. The zero-order valence-corrected chi connectivity index (χ0v) is 50.2. The van der Waals surface area contributed by atoms with Crippen LogP contribution in [0.15, 0.2) is 271 Å². The second-order valence-electron chi connectivity index (χ2n) is 25.5. The standard InChI is InChI=1S/C82H70N2O/c1-52(55(4)56-24-13-11-14-25-56)36-38-54(3)83(61-44-39-59(40-45-61)80(5,6)7)74-51-76-77(66-31-19-22-35-75(66)85-76)78-69-48-58-28-23-34-73(68(58)50-72(69)82(79(74)78)70-32-20-17-29-64(70)65-30-18-21-33-71(65)82)84(62-46-41-60(42-47-62)81(8,9)10)63-43-37-53(2)67(49-63)57-26-15-12-16-27-57/h11-51H,3H2,1-2,4-10H3/b38-36-,55-52+. The molecule has 0 N–H and O–H groups in total. The van der Waals surface area contributed by atoms with Crippen molar-refractivity contribution >= 4 is 66.7 Å². The Bertz CT molecular complexity index is 4650. The molecule has 1 aromatic heterocycles. The maximum Gasteiger partial charge on any atom is 0.138 e. The Balaban J connectivity index is 1.09. The lowest BCUT2D eigenvalue weighted by Crippen LogP contribution is -2.29. The number of allylic oxidation sites excluding steroid dienone is 4. The third kappa shape index (κ3) is 8.70. The van der Waals surface area contributed by atoms with Crippen LogP contribution in [0.1, 0.15) is 99.9 Å². The van der Waals surface area contributed by atoms with Crippen LogP contribution in [0.4, 0.5) is 28.4 Å². The first-order valence-electron chi connectivity index (χ1n) is 29.9. The van der Waals surface area contributed by atoms with Crippen LogP contribution in [0.3, 0.4) is 0 Å². The van der Waals surface area contributed by atoms with Gasteiger partial charge >= 0.3 is 0 Å². The van der Waals surface area contributed by atoms with Crippen LogP contribution in [-0.4, -0.2) is 0 Å². The summed E-state index contributed by atoms with van der Waals surface area (Å²) in [5.74, 6) is 0. The number of aryl methyl sites for hydroxylation is 1. The Kier molecular flexibility index (Phi) is 12.7. The minimum Gasteiger partial charge on any atom is -0.456 e. The van der Waals surface area contributed by atoms with Gasteiger partial charge < -0.3 is 14.2 Å². The number of hydrogen-bond donors (Lipinski definition) is 0.